The molecule has 5 heteroatoms. The van der Waals surface area contributed by atoms with E-state index in [1.807, 2.05) is 0 Å². The molecule has 0 aliphatic heterocycles. The summed E-state index contributed by atoms with van der Waals surface area (Å²) < 4.78 is 5.36. The molecule has 18 heavy (non-hydrogen) atoms. The van der Waals surface area contributed by atoms with Crippen LogP contribution in [0.1, 0.15) is 18.4 Å². The largest absolute Gasteiger partial charge is 0.484 e. The highest BCUT2D eigenvalue weighted by Gasteiger charge is 2.21. The number of rotatable bonds is 6. The minimum Gasteiger partial charge on any atom is -0.484 e. The number of halogens is 1. The van der Waals surface area contributed by atoms with Gasteiger partial charge in [0.1, 0.15) is 5.75 Å². The second-order valence-corrected chi connectivity index (χ2v) is 4.90. The smallest absolute Gasteiger partial charge is 0.257 e. The van der Waals surface area contributed by atoms with Crippen molar-refractivity contribution in [3.05, 3.63) is 28.8 Å². The number of benzene rings is 1. The first-order chi connectivity index (χ1) is 8.69. The standard InChI is InChI=1S/C13H17ClN2O2/c14-12-5-11(4-3-10(12)6-15)18-8-13(17)16-7-9-1-2-9/h3-5,9H,1-2,6-8,15H2,(H,16,17). The van der Waals surface area contributed by atoms with Crippen molar-refractivity contribution in [1.29, 1.82) is 0 Å². The minimum absolute atomic E-state index is 0.0189. The molecule has 98 valence electrons. The number of ether oxygens (including phenoxy) is 1. The number of hydrogen-bond donors (Lipinski definition) is 2. The maximum atomic E-state index is 11.5. The van der Waals surface area contributed by atoms with Crippen LogP contribution in [0.2, 0.25) is 5.02 Å². The molecule has 1 amide bonds. The number of carbonyl (C=O) groups excluding carboxylic acids is 1. The molecule has 0 aromatic heterocycles. The van der Waals surface area contributed by atoms with Gasteiger partial charge in [0.15, 0.2) is 6.61 Å². The third-order valence-corrected chi connectivity index (χ3v) is 3.25. The Kier molecular flexibility index (Phi) is 4.44. The minimum atomic E-state index is -0.0964. The molecule has 0 unspecified atom stereocenters. The Balaban J connectivity index is 1.77. The van der Waals surface area contributed by atoms with Crippen molar-refractivity contribution < 1.29 is 9.53 Å². The molecule has 0 radical (unpaired) electrons. The molecule has 0 atom stereocenters. The van der Waals surface area contributed by atoms with E-state index in [0.29, 0.717) is 23.2 Å². The van der Waals surface area contributed by atoms with E-state index in [1.165, 1.54) is 12.8 Å². The number of nitrogens with one attached hydrogen (secondary N) is 1. The fourth-order valence-electron chi connectivity index (χ4n) is 1.56. The van der Waals surface area contributed by atoms with Gasteiger partial charge in [-0.1, -0.05) is 17.7 Å². The van der Waals surface area contributed by atoms with Crippen LogP contribution in [0.3, 0.4) is 0 Å². The van der Waals surface area contributed by atoms with E-state index in [4.69, 9.17) is 22.1 Å². The lowest BCUT2D eigenvalue weighted by molar-refractivity contribution is -0.123. The van der Waals surface area contributed by atoms with Crippen molar-refractivity contribution in [1.82, 2.24) is 5.32 Å². The van der Waals surface area contributed by atoms with Gasteiger partial charge in [-0.05, 0) is 36.5 Å². The van der Waals surface area contributed by atoms with Crippen molar-refractivity contribution in [3.63, 3.8) is 0 Å². The summed E-state index contributed by atoms with van der Waals surface area (Å²) >= 11 is 6.00. The molecule has 1 fully saturated rings. The Bertz CT molecular complexity index is 433. The van der Waals surface area contributed by atoms with Crippen LogP contribution in [0, 0.1) is 5.92 Å². The maximum absolute atomic E-state index is 11.5. The van der Waals surface area contributed by atoms with E-state index >= 15 is 0 Å². The second-order valence-electron chi connectivity index (χ2n) is 4.49. The lowest BCUT2D eigenvalue weighted by atomic mass is 10.2. The lowest BCUT2D eigenvalue weighted by Gasteiger charge is -2.08. The molecule has 2 rings (SSSR count). The number of nitrogens with two attached hydrogens (primary N) is 1. The maximum Gasteiger partial charge on any atom is 0.257 e. The molecule has 1 aromatic rings. The second kappa shape index (κ2) is 6.07. The zero-order chi connectivity index (χ0) is 13.0. The van der Waals surface area contributed by atoms with E-state index in [1.54, 1.807) is 18.2 Å². The predicted molar refractivity (Wildman–Crippen MR) is 70.6 cm³/mol. The average Bonchev–Trinajstić information content (AvgIpc) is 3.18. The van der Waals surface area contributed by atoms with Gasteiger partial charge in [0.05, 0.1) is 0 Å². The van der Waals surface area contributed by atoms with Crippen molar-refractivity contribution in [2.45, 2.75) is 19.4 Å². The predicted octanol–water partition coefficient (Wildman–Crippen LogP) is 1.70. The highest BCUT2D eigenvalue weighted by atomic mass is 35.5. The lowest BCUT2D eigenvalue weighted by Crippen LogP contribution is -2.30. The molecule has 0 heterocycles. The quantitative estimate of drug-likeness (QED) is 0.825. The van der Waals surface area contributed by atoms with Gasteiger partial charge in [-0.15, -0.1) is 0 Å². The number of amides is 1. The summed E-state index contributed by atoms with van der Waals surface area (Å²) in [4.78, 5) is 11.5. The molecule has 1 aliphatic rings. The molecule has 1 saturated carbocycles. The Labute approximate surface area is 111 Å². The van der Waals surface area contributed by atoms with Crippen LogP contribution in [0.25, 0.3) is 0 Å². The van der Waals surface area contributed by atoms with E-state index in [2.05, 4.69) is 5.32 Å². The highest BCUT2D eigenvalue weighted by molar-refractivity contribution is 6.31. The summed E-state index contributed by atoms with van der Waals surface area (Å²) in [5.74, 6) is 1.16. The van der Waals surface area contributed by atoms with Gasteiger partial charge in [0, 0.05) is 18.1 Å². The fraction of sp³-hybridized carbons (Fsp3) is 0.462. The van der Waals surface area contributed by atoms with E-state index in [9.17, 15) is 4.79 Å². The molecule has 1 aliphatic carbocycles. The topological polar surface area (TPSA) is 64.3 Å². The van der Waals surface area contributed by atoms with Crippen LogP contribution in [0.4, 0.5) is 0 Å². The third-order valence-electron chi connectivity index (χ3n) is 2.90. The Morgan fingerprint density at radius 2 is 2.28 bits per heavy atom. The van der Waals surface area contributed by atoms with Gasteiger partial charge in [-0.2, -0.15) is 0 Å². The Morgan fingerprint density at radius 3 is 2.89 bits per heavy atom. The zero-order valence-electron chi connectivity index (χ0n) is 10.1. The van der Waals surface area contributed by atoms with E-state index in [0.717, 1.165) is 12.1 Å². The zero-order valence-corrected chi connectivity index (χ0v) is 10.9. The molecule has 0 saturated heterocycles. The molecular formula is C13H17ClN2O2. The normalized spacial score (nSPS) is 14.3. The van der Waals surface area contributed by atoms with Gasteiger partial charge < -0.3 is 15.8 Å². The van der Waals surface area contributed by atoms with Crippen LogP contribution in [0.5, 0.6) is 5.75 Å². The van der Waals surface area contributed by atoms with Crippen LogP contribution in [-0.4, -0.2) is 19.1 Å². The summed E-state index contributed by atoms with van der Waals surface area (Å²) in [6.45, 7) is 1.17. The van der Waals surface area contributed by atoms with Crippen molar-refractivity contribution in [3.8, 4) is 5.75 Å². The fourth-order valence-corrected chi connectivity index (χ4v) is 1.81. The van der Waals surface area contributed by atoms with Crippen molar-refractivity contribution in [2.24, 2.45) is 11.7 Å². The van der Waals surface area contributed by atoms with Crippen molar-refractivity contribution in [2.75, 3.05) is 13.2 Å². The Morgan fingerprint density at radius 1 is 1.50 bits per heavy atom. The summed E-state index contributed by atoms with van der Waals surface area (Å²) in [5.41, 5.74) is 6.37. The van der Waals surface area contributed by atoms with Gasteiger partial charge in [0.2, 0.25) is 0 Å². The van der Waals surface area contributed by atoms with E-state index in [-0.39, 0.29) is 12.5 Å². The van der Waals surface area contributed by atoms with Crippen LogP contribution >= 0.6 is 11.6 Å². The van der Waals surface area contributed by atoms with Gasteiger partial charge in [-0.25, -0.2) is 0 Å². The summed E-state index contributed by atoms with van der Waals surface area (Å²) in [5, 5.41) is 3.40. The molecule has 4 nitrogen and oxygen atoms in total. The molecule has 0 spiro atoms. The van der Waals surface area contributed by atoms with Crippen LogP contribution in [0.15, 0.2) is 18.2 Å². The average molecular weight is 269 g/mol. The summed E-state index contributed by atoms with van der Waals surface area (Å²) in [7, 11) is 0. The monoisotopic (exact) mass is 268 g/mol. The molecule has 0 bridgehead atoms. The van der Waals surface area contributed by atoms with Crippen LogP contribution < -0.4 is 15.8 Å². The van der Waals surface area contributed by atoms with Crippen molar-refractivity contribution >= 4 is 17.5 Å². The summed E-state index contributed by atoms with van der Waals surface area (Å²) in [6, 6.07) is 5.25. The first kappa shape index (κ1) is 13.2. The number of carbonyl (C=O) groups is 1. The van der Waals surface area contributed by atoms with E-state index < -0.39 is 0 Å². The van der Waals surface area contributed by atoms with Crippen LogP contribution in [-0.2, 0) is 11.3 Å². The highest BCUT2D eigenvalue weighted by Crippen LogP contribution is 2.27. The number of hydrogen-bond acceptors (Lipinski definition) is 3. The first-order valence-corrected chi connectivity index (χ1v) is 6.45. The first-order valence-electron chi connectivity index (χ1n) is 6.07. The van der Waals surface area contributed by atoms with Gasteiger partial charge in [-0.3, -0.25) is 4.79 Å². The Hall–Kier alpha value is -1.26. The SMILES string of the molecule is NCc1ccc(OCC(=O)NCC2CC2)cc1Cl. The van der Waals surface area contributed by atoms with Gasteiger partial charge in [0.25, 0.3) is 5.91 Å². The third kappa shape index (κ3) is 3.89. The summed E-state index contributed by atoms with van der Waals surface area (Å²) in [6.07, 6.45) is 2.44. The van der Waals surface area contributed by atoms with Gasteiger partial charge >= 0.3 is 0 Å². The molecule has 3 N–H and O–H groups in total. The molecular weight excluding hydrogens is 252 g/mol. The molecule has 1 aromatic carbocycles.